The van der Waals surface area contributed by atoms with Gasteiger partial charge in [0, 0.05) is 45.6 Å². The number of rotatable bonds is 6. The highest BCUT2D eigenvalue weighted by Crippen LogP contribution is 2.23. The molecule has 0 spiro atoms. The van der Waals surface area contributed by atoms with Gasteiger partial charge < -0.3 is 5.11 Å². The fourth-order valence-corrected chi connectivity index (χ4v) is 3.08. The van der Waals surface area contributed by atoms with Crippen LogP contribution in [0.3, 0.4) is 0 Å². The zero-order valence-electron chi connectivity index (χ0n) is 12.7. The molecule has 0 fully saturated rings. The number of hydrogen-bond acceptors (Lipinski definition) is 3. The van der Waals surface area contributed by atoms with Crippen LogP contribution in [0.15, 0.2) is 53.4 Å². The molecule has 2 aromatic carbocycles. The summed E-state index contributed by atoms with van der Waals surface area (Å²) in [4.78, 5) is 2.86. The maximum atomic E-state index is 11.4. The summed E-state index contributed by atoms with van der Waals surface area (Å²) in [6.45, 7) is 1.20. The molecule has 0 aliphatic heterocycles. The molecule has 5 heteroatoms. The average Bonchev–Trinajstić information content (AvgIpc) is 2.48. The van der Waals surface area contributed by atoms with E-state index < -0.39 is 16.9 Å². The minimum atomic E-state index is -0.955. The molecule has 0 bridgehead atoms. The second-order valence-corrected chi connectivity index (χ2v) is 7.12. The summed E-state index contributed by atoms with van der Waals surface area (Å²) in [5, 5.41) is 10.9. The van der Waals surface area contributed by atoms with Gasteiger partial charge in [0.1, 0.15) is 0 Å². The maximum Gasteiger partial charge on any atom is 0.0931 e. The van der Waals surface area contributed by atoms with Crippen LogP contribution in [-0.2, 0) is 17.3 Å². The fraction of sp³-hybridized carbons (Fsp3) is 0.294. The van der Waals surface area contributed by atoms with Crippen molar-refractivity contribution >= 4 is 22.4 Å². The van der Waals surface area contributed by atoms with E-state index in [1.165, 1.54) is 0 Å². The molecule has 2 unspecified atom stereocenters. The molecular formula is C17H20ClNO2S. The highest BCUT2D eigenvalue weighted by Gasteiger charge is 2.13. The number of benzene rings is 2. The summed E-state index contributed by atoms with van der Waals surface area (Å²) >= 11 is 6.10. The van der Waals surface area contributed by atoms with E-state index in [2.05, 4.69) is 0 Å². The molecule has 0 radical (unpaired) electrons. The fourth-order valence-electron chi connectivity index (χ4n) is 2.30. The Morgan fingerprint density at radius 3 is 2.41 bits per heavy atom. The summed E-state index contributed by atoms with van der Waals surface area (Å²) in [5.74, 6) is 0. The molecule has 0 heterocycles. The van der Waals surface area contributed by atoms with Crippen LogP contribution in [0.5, 0.6) is 0 Å². The molecule has 2 rings (SSSR count). The molecule has 3 nitrogen and oxygen atoms in total. The number of aliphatic hydroxyl groups excluding tert-OH is 1. The summed E-state index contributed by atoms with van der Waals surface area (Å²) in [6.07, 6.45) is 1.04. The van der Waals surface area contributed by atoms with Crippen molar-refractivity contribution in [2.24, 2.45) is 0 Å². The van der Waals surface area contributed by atoms with Gasteiger partial charge in [0.05, 0.1) is 6.10 Å². The topological polar surface area (TPSA) is 40.5 Å². The lowest BCUT2D eigenvalue weighted by Crippen LogP contribution is -2.24. The van der Waals surface area contributed by atoms with E-state index in [4.69, 9.17) is 11.6 Å². The number of likely N-dealkylation sites (N-methyl/N-ethyl adjacent to an activating group) is 1. The normalized spacial score (nSPS) is 14.0. The van der Waals surface area contributed by atoms with Crippen LogP contribution in [0, 0.1) is 0 Å². The average molecular weight is 338 g/mol. The lowest BCUT2D eigenvalue weighted by atomic mass is 10.1. The van der Waals surface area contributed by atoms with Crippen molar-refractivity contribution in [2.45, 2.75) is 17.5 Å². The minimum absolute atomic E-state index is 0.491. The maximum absolute atomic E-state index is 11.4. The van der Waals surface area contributed by atoms with E-state index >= 15 is 0 Å². The Labute approximate surface area is 139 Å². The first-order valence-electron chi connectivity index (χ1n) is 7.01. The van der Waals surface area contributed by atoms with E-state index in [9.17, 15) is 9.32 Å². The van der Waals surface area contributed by atoms with Crippen LogP contribution in [0.1, 0.15) is 17.2 Å². The standard InChI is InChI=1S/C17H20ClNO2S/c1-19(11-13-7-9-14(10-8-13)22(2)21)12-17(20)15-5-3-4-6-16(15)18/h3-10,17,20H,11-12H2,1-2H3. The Morgan fingerprint density at radius 2 is 1.82 bits per heavy atom. The van der Waals surface area contributed by atoms with Crippen molar-refractivity contribution in [2.75, 3.05) is 19.8 Å². The molecule has 22 heavy (non-hydrogen) atoms. The number of halogens is 1. The van der Waals surface area contributed by atoms with E-state index in [-0.39, 0.29) is 0 Å². The van der Waals surface area contributed by atoms with Gasteiger partial charge >= 0.3 is 0 Å². The van der Waals surface area contributed by atoms with Gasteiger partial charge in [-0.15, -0.1) is 0 Å². The van der Waals surface area contributed by atoms with Crippen LogP contribution >= 0.6 is 11.6 Å². The third-order valence-electron chi connectivity index (χ3n) is 3.46. The zero-order valence-corrected chi connectivity index (χ0v) is 14.3. The molecule has 1 N–H and O–H groups in total. The lowest BCUT2D eigenvalue weighted by Gasteiger charge is -2.21. The Hall–Kier alpha value is -1.20. The van der Waals surface area contributed by atoms with Crippen LogP contribution in [0.25, 0.3) is 0 Å². The molecule has 0 aliphatic carbocycles. The third kappa shape index (κ3) is 4.65. The summed E-state index contributed by atoms with van der Waals surface area (Å²) in [7, 11) is 0.995. The van der Waals surface area contributed by atoms with Crippen molar-refractivity contribution < 1.29 is 9.32 Å². The van der Waals surface area contributed by atoms with E-state index in [0.717, 1.165) is 16.0 Å². The molecule has 2 aromatic rings. The van der Waals surface area contributed by atoms with Gasteiger partial charge in [0.2, 0.25) is 0 Å². The third-order valence-corrected chi connectivity index (χ3v) is 4.74. The Kier molecular flexibility index (Phi) is 6.15. The van der Waals surface area contributed by atoms with E-state index in [1.54, 1.807) is 12.3 Å². The van der Waals surface area contributed by atoms with Gasteiger partial charge in [-0.1, -0.05) is 41.9 Å². The summed E-state index contributed by atoms with van der Waals surface area (Å²) in [5.41, 5.74) is 1.86. The van der Waals surface area contributed by atoms with Crippen LogP contribution in [0.2, 0.25) is 5.02 Å². The van der Waals surface area contributed by atoms with Gasteiger partial charge in [-0.2, -0.15) is 0 Å². The van der Waals surface area contributed by atoms with Crippen molar-refractivity contribution in [3.8, 4) is 0 Å². The lowest BCUT2D eigenvalue weighted by molar-refractivity contribution is 0.124. The number of nitrogens with zero attached hydrogens (tertiary/aromatic N) is 1. The Morgan fingerprint density at radius 1 is 1.18 bits per heavy atom. The first-order valence-corrected chi connectivity index (χ1v) is 8.94. The second kappa shape index (κ2) is 7.88. The molecular weight excluding hydrogens is 318 g/mol. The van der Waals surface area contributed by atoms with Crippen LogP contribution < -0.4 is 0 Å². The first kappa shape index (κ1) is 17.2. The quantitative estimate of drug-likeness (QED) is 0.879. The minimum Gasteiger partial charge on any atom is -0.387 e. The SMILES string of the molecule is CN(Cc1ccc(S(C)=O)cc1)CC(O)c1ccccc1Cl. The Bertz CT molecular complexity index is 645. The highest BCUT2D eigenvalue weighted by atomic mass is 35.5. The second-order valence-electron chi connectivity index (χ2n) is 5.33. The van der Waals surface area contributed by atoms with Gasteiger partial charge in [0.25, 0.3) is 0 Å². The molecule has 0 saturated carbocycles. The van der Waals surface area contributed by atoms with Crippen molar-refractivity contribution in [1.82, 2.24) is 4.90 Å². The van der Waals surface area contributed by atoms with Gasteiger partial charge in [0.15, 0.2) is 0 Å². The van der Waals surface area contributed by atoms with Gasteiger partial charge in [-0.05, 0) is 30.8 Å². The van der Waals surface area contributed by atoms with Crippen LogP contribution in [0.4, 0.5) is 0 Å². The summed E-state index contributed by atoms with van der Waals surface area (Å²) < 4.78 is 11.4. The van der Waals surface area contributed by atoms with Gasteiger partial charge in [-0.3, -0.25) is 9.11 Å². The molecule has 0 saturated heterocycles. The number of hydrogen-bond donors (Lipinski definition) is 1. The predicted octanol–water partition coefficient (Wildman–Crippen LogP) is 3.24. The van der Waals surface area contributed by atoms with Gasteiger partial charge in [-0.25, -0.2) is 0 Å². The first-order chi connectivity index (χ1) is 10.5. The number of aliphatic hydroxyl groups is 1. The molecule has 118 valence electrons. The zero-order chi connectivity index (χ0) is 16.1. The van der Waals surface area contributed by atoms with E-state index in [0.29, 0.717) is 18.1 Å². The van der Waals surface area contributed by atoms with Crippen molar-refractivity contribution in [3.05, 3.63) is 64.7 Å². The smallest absolute Gasteiger partial charge is 0.0931 e. The molecule has 0 amide bonds. The van der Waals surface area contributed by atoms with E-state index in [1.807, 2.05) is 54.4 Å². The Balaban J connectivity index is 1.96. The van der Waals surface area contributed by atoms with Crippen LogP contribution in [-0.4, -0.2) is 34.1 Å². The molecule has 2 atom stereocenters. The predicted molar refractivity (Wildman–Crippen MR) is 91.5 cm³/mol. The largest absolute Gasteiger partial charge is 0.387 e. The summed E-state index contributed by atoms with van der Waals surface area (Å²) in [6, 6.07) is 15.0. The van der Waals surface area contributed by atoms with Crippen molar-refractivity contribution in [1.29, 1.82) is 0 Å². The highest BCUT2D eigenvalue weighted by molar-refractivity contribution is 7.84. The van der Waals surface area contributed by atoms with Crippen molar-refractivity contribution in [3.63, 3.8) is 0 Å². The molecule has 0 aliphatic rings. The monoisotopic (exact) mass is 337 g/mol. The molecule has 0 aromatic heterocycles.